The summed E-state index contributed by atoms with van der Waals surface area (Å²) in [5.41, 5.74) is 5.57. The predicted molar refractivity (Wildman–Crippen MR) is 56.8 cm³/mol. The van der Waals surface area contributed by atoms with Gasteiger partial charge in [0, 0.05) is 13.7 Å². The van der Waals surface area contributed by atoms with Crippen molar-refractivity contribution >= 4 is 5.91 Å². The van der Waals surface area contributed by atoms with Crippen molar-refractivity contribution in [3.63, 3.8) is 0 Å². The number of ether oxygens (including phenoxy) is 1. The molecule has 2 atom stereocenters. The van der Waals surface area contributed by atoms with Gasteiger partial charge in [-0.1, -0.05) is 13.0 Å². The zero-order chi connectivity index (χ0) is 11.0. The lowest BCUT2D eigenvalue weighted by molar-refractivity contribution is -0.122. The van der Waals surface area contributed by atoms with Crippen LogP contribution in [0.1, 0.15) is 13.3 Å². The van der Waals surface area contributed by atoms with E-state index in [2.05, 4.69) is 11.9 Å². The van der Waals surface area contributed by atoms with Crippen molar-refractivity contribution in [1.29, 1.82) is 0 Å². The summed E-state index contributed by atoms with van der Waals surface area (Å²) in [7, 11) is 1.64. The van der Waals surface area contributed by atoms with Crippen molar-refractivity contribution in [1.82, 2.24) is 5.32 Å². The Hall–Kier alpha value is -0.870. The van der Waals surface area contributed by atoms with Gasteiger partial charge >= 0.3 is 0 Å². The van der Waals surface area contributed by atoms with Crippen LogP contribution in [0.5, 0.6) is 0 Å². The van der Waals surface area contributed by atoms with E-state index in [1.807, 2.05) is 6.92 Å². The van der Waals surface area contributed by atoms with Crippen LogP contribution >= 0.6 is 0 Å². The zero-order valence-corrected chi connectivity index (χ0v) is 8.95. The maximum atomic E-state index is 11.3. The fourth-order valence-electron chi connectivity index (χ4n) is 1.04. The van der Waals surface area contributed by atoms with Crippen LogP contribution in [0.25, 0.3) is 0 Å². The summed E-state index contributed by atoms with van der Waals surface area (Å²) in [5.74, 6) is 0.174. The standard InChI is InChI=1S/C10H20N2O2/c1-4-5-9(11)10(13)12-6-8(2)7-14-3/h4,8-9H,1,5-7,11H2,2-3H3,(H,12,13). The van der Waals surface area contributed by atoms with Crippen LogP contribution in [-0.2, 0) is 9.53 Å². The van der Waals surface area contributed by atoms with Crippen molar-refractivity contribution in [3.05, 3.63) is 12.7 Å². The second-order valence-corrected chi connectivity index (χ2v) is 3.44. The van der Waals surface area contributed by atoms with Gasteiger partial charge < -0.3 is 15.8 Å². The van der Waals surface area contributed by atoms with Crippen LogP contribution in [0, 0.1) is 5.92 Å². The molecule has 0 radical (unpaired) electrons. The highest BCUT2D eigenvalue weighted by Gasteiger charge is 2.11. The molecule has 0 aromatic heterocycles. The molecule has 0 aromatic rings. The Morgan fingerprint density at radius 3 is 2.86 bits per heavy atom. The van der Waals surface area contributed by atoms with Crippen LogP contribution < -0.4 is 11.1 Å². The van der Waals surface area contributed by atoms with Gasteiger partial charge in [0.05, 0.1) is 12.6 Å². The number of nitrogens with one attached hydrogen (secondary N) is 1. The second-order valence-electron chi connectivity index (χ2n) is 3.44. The number of hydrogen-bond donors (Lipinski definition) is 2. The number of nitrogens with two attached hydrogens (primary N) is 1. The van der Waals surface area contributed by atoms with Crippen molar-refractivity contribution in [2.45, 2.75) is 19.4 Å². The summed E-state index contributed by atoms with van der Waals surface area (Å²) >= 11 is 0. The zero-order valence-electron chi connectivity index (χ0n) is 8.95. The van der Waals surface area contributed by atoms with E-state index in [0.29, 0.717) is 25.5 Å². The van der Waals surface area contributed by atoms with Crippen molar-refractivity contribution in [2.24, 2.45) is 11.7 Å². The number of amides is 1. The number of hydrogen-bond acceptors (Lipinski definition) is 3. The van der Waals surface area contributed by atoms with Crippen LogP contribution in [-0.4, -0.2) is 32.2 Å². The molecule has 4 nitrogen and oxygen atoms in total. The first-order valence-corrected chi connectivity index (χ1v) is 4.75. The van der Waals surface area contributed by atoms with Crippen LogP contribution in [0.4, 0.5) is 0 Å². The Labute approximate surface area is 85.5 Å². The summed E-state index contributed by atoms with van der Waals surface area (Å²) in [6, 6.07) is -0.484. The minimum absolute atomic E-state index is 0.132. The van der Waals surface area contributed by atoms with Gasteiger partial charge in [-0.05, 0) is 12.3 Å². The molecule has 4 heteroatoms. The molecule has 82 valence electrons. The minimum Gasteiger partial charge on any atom is -0.384 e. The highest BCUT2D eigenvalue weighted by molar-refractivity contribution is 5.81. The third-order valence-corrected chi connectivity index (χ3v) is 1.83. The molecule has 0 rings (SSSR count). The van der Waals surface area contributed by atoms with E-state index in [9.17, 15) is 4.79 Å². The lowest BCUT2D eigenvalue weighted by Crippen LogP contribution is -2.42. The van der Waals surface area contributed by atoms with Crippen molar-refractivity contribution < 1.29 is 9.53 Å². The Morgan fingerprint density at radius 2 is 2.36 bits per heavy atom. The first kappa shape index (κ1) is 13.1. The van der Waals surface area contributed by atoms with Gasteiger partial charge in [0.15, 0.2) is 0 Å². The van der Waals surface area contributed by atoms with Gasteiger partial charge in [-0.2, -0.15) is 0 Å². The van der Waals surface area contributed by atoms with Crippen LogP contribution in [0.2, 0.25) is 0 Å². The topological polar surface area (TPSA) is 64.4 Å². The summed E-state index contributed by atoms with van der Waals surface area (Å²) in [5, 5.41) is 2.76. The fraction of sp³-hybridized carbons (Fsp3) is 0.700. The monoisotopic (exact) mass is 200 g/mol. The molecule has 0 aliphatic carbocycles. The third kappa shape index (κ3) is 5.72. The van der Waals surface area contributed by atoms with E-state index in [4.69, 9.17) is 10.5 Å². The highest BCUT2D eigenvalue weighted by atomic mass is 16.5. The van der Waals surface area contributed by atoms with Crippen LogP contribution in [0.15, 0.2) is 12.7 Å². The average Bonchev–Trinajstić information content (AvgIpc) is 2.15. The van der Waals surface area contributed by atoms with E-state index < -0.39 is 6.04 Å². The molecule has 0 aromatic carbocycles. The van der Waals surface area contributed by atoms with E-state index in [1.54, 1.807) is 13.2 Å². The fourth-order valence-corrected chi connectivity index (χ4v) is 1.04. The lowest BCUT2D eigenvalue weighted by Gasteiger charge is -2.14. The Bertz CT molecular complexity index is 183. The first-order chi connectivity index (χ1) is 6.61. The number of carbonyl (C=O) groups excluding carboxylic acids is 1. The molecule has 0 aliphatic heterocycles. The van der Waals surface area contributed by atoms with Gasteiger partial charge in [0.2, 0.25) is 5.91 Å². The quantitative estimate of drug-likeness (QED) is 0.580. The van der Waals surface area contributed by atoms with Gasteiger partial charge in [0.1, 0.15) is 0 Å². The molecule has 0 bridgehead atoms. The maximum Gasteiger partial charge on any atom is 0.237 e. The molecule has 2 unspecified atom stereocenters. The largest absolute Gasteiger partial charge is 0.384 e. The van der Waals surface area contributed by atoms with Crippen molar-refractivity contribution in [2.75, 3.05) is 20.3 Å². The molecular formula is C10H20N2O2. The average molecular weight is 200 g/mol. The summed E-state index contributed by atoms with van der Waals surface area (Å²) < 4.78 is 4.95. The molecule has 0 spiro atoms. The second kappa shape index (κ2) is 7.53. The predicted octanol–water partition coefficient (Wildman–Crippen LogP) is 0.289. The molecular weight excluding hydrogens is 180 g/mol. The maximum absolute atomic E-state index is 11.3. The van der Waals surface area contributed by atoms with Gasteiger partial charge in [0.25, 0.3) is 0 Å². The number of carbonyl (C=O) groups is 1. The highest BCUT2D eigenvalue weighted by Crippen LogP contribution is 1.94. The SMILES string of the molecule is C=CCC(N)C(=O)NCC(C)COC. The minimum atomic E-state index is -0.484. The van der Waals surface area contributed by atoms with Crippen LogP contribution in [0.3, 0.4) is 0 Å². The number of rotatable bonds is 7. The van der Waals surface area contributed by atoms with E-state index in [-0.39, 0.29) is 5.91 Å². The Balaban J connectivity index is 3.66. The summed E-state index contributed by atoms with van der Waals surface area (Å²) in [6.45, 7) is 6.76. The molecule has 0 aliphatic rings. The Kier molecular flexibility index (Phi) is 7.06. The molecule has 0 fully saturated rings. The third-order valence-electron chi connectivity index (χ3n) is 1.83. The molecule has 14 heavy (non-hydrogen) atoms. The number of methoxy groups -OCH3 is 1. The van der Waals surface area contributed by atoms with Gasteiger partial charge in [-0.3, -0.25) is 4.79 Å². The van der Waals surface area contributed by atoms with Gasteiger partial charge in [-0.15, -0.1) is 6.58 Å². The molecule has 3 N–H and O–H groups in total. The summed E-state index contributed by atoms with van der Waals surface area (Å²) in [4.78, 5) is 11.3. The lowest BCUT2D eigenvalue weighted by atomic mass is 10.1. The molecule has 0 saturated carbocycles. The Morgan fingerprint density at radius 1 is 1.71 bits per heavy atom. The summed E-state index contributed by atoms with van der Waals surface area (Å²) in [6.07, 6.45) is 2.15. The normalized spacial score (nSPS) is 14.5. The first-order valence-electron chi connectivity index (χ1n) is 4.75. The van der Waals surface area contributed by atoms with E-state index in [0.717, 1.165) is 0 Å². The molecule has 0 saturated heterocycles. The smallest absolute Gasteiger partial charge is 0.237 e. The van der Waals surface area contributed by atoms with Gasteiger partial charge in [-0.25, -0.2) is 0 Å². The van der Waals surface area contributed by atoms with Crippen molar-refractivity contribution in [3.8, 4) is 0 Å². The molecule has 0 heterocycles. The van der Waals surface area contributed by atoms with E-state index in [1.165, 1.54) is 0 Å². The van der Waals surface area contributed by atoms with E-state index >= 15 is 0 Å². The molecule has 1 amide bonds.